The predicted octanol–water partition coefficient (Wildman–Crippen LogP) is 2.60. The van der Waals surface area contributed by atoms with E-state index in [9.17, 15) is 0 Å². The molecular weight excluding hydrogens is 176 g/mol. The molecule has 4 unspecified atom stereocenters. The minimum atomic E-state index is 0.285. The van der Waals surface area contributed by atoms with Crippen molar-refractivity contribution in [1.29, 1.82) is 0 Å². The van der Waals surface area contributed by atoms with Gasteiger partial charge in [0.2, 0.25) is 0 Å². The fraction of sp³-hybridized carbons (Fsp3) is 1.00. The van der Waals surface area contributed by atoms with Gasteiger partial charge >= 0.3 is 0 Å². The number of aliphatic hydroxyl groups excluding tert-OH is 1. The summed E-state index contributed by atoms with van der Waals surface area (Å²) in [5, 5.41) is 8.99. The minimum absolute atomic E-state index is 0.285. The van der Waals surface area contributed by atoms with Crippen LogP contribution in [0.4, 0.5) is 0 Å². The molecule has 0 saturated carbocycles. The standard InChI is InChI=1S/C12H24O2/c1-4-10-7-11(6-9(3)8-13)14-12(10)5-2/h9-13H,4-8H2,1-3H3. The van der Waals surface area contributed by atoms with E-state index in [4.69, 9.17) is 9.84 Å². The van der Waals surface area contributed by atoms with Gasteiger partial charge in [0.1, 0.15) is 0 Å². The number of ether oxygens (including phenoxy) is 1. The summed E-state index contributed by atoms with van der Waals surface area (Å²) in [5.74, 6) is 1.13. The van der Waals surface area contributed by atoms with Gasteiger partial charge in [0.05, 0.1) is 12.2 Å². The van der Waals surface area contributed by atoms with Gasteiger partial charge in [-0.2, -0.15) is 0 Å². The molecule has 14 heavy (non-hydrogen) atoms. The van der Waals surface area contributed by atoms with Crippen molar-refractivity contribution in [2.24, 2.45) is 11.8 Å². The van der Waals surface area contributed by atoms with Gasteiger partial charge in [0.15, 0.2) is 0 Å². The average molecular weight is 200 g/mol. The van der Waals surface area contributed by atoms with Crippen LogP contribution in [-0.4, -0.2) is 23.9 Å². The van der Waals surface area contributed by atoms with E-state index < -0.39 is 0 Å². The maximum atomic E-state index is 8.99. The Kier molecular flexibility index (Phi) is 4.90. The third-order valence-electron chi connectivity index (χ3n) is 3.36. The summed E-state index contributed by atoms with van der Waals surface area (Å²) in [6.45, 7) is 6.82. The molecule has 0 amide bonds. The molecule has 0 aliphatic carbocycles. The Balaban J connectivity index is 2.37. The van der Waals surface area contributed by atoms with E-state index in [0.717, 1.165) is 18.8 Å². The van der Waals surface area contributed by atoms with Crippen LogP contribution in [0.3, 0.4) is 0 Å². The molecule has 1 rings (SSSR count). The van der Waals surface area contributed by atoms with Gasteiger partial charge in [-0.25, -0.2) is 0 Å². The summed E-state index contributed by atoms with van der Waals surface area (Å²) in [6, 6.07) is 0. The number of rotatable bonds is 5. The first kappa shape index (κ1) is 12.0. The van der Waals surface area contributed by atoms with Crippen LogP contribution in [0.15, 0.2) is 0 Å². The van der Waals surface area contributed by atoms with E-state index in [-0.39, 0.29) is 6.61 Å². The third-order valence-corrected chi connectivity index (χ3v) is 3.36. The highest BCUT2D eigenvalue weighted by molar-refractivity contribution is 4.81. The monoisotopic (exact) mass is 200 g/mol. The topological polar surface area (TPSA) is 29.5 Å². The Bertz CT molecular complexity index is 146. The second kappa shape index (κ2) is 5.72. The lowest BCUT2D eigenvalue weighted by Crippen LogP contribution is -2.16. The smallest absolute Gasteiger partial charge is 0.0605 e. The Morgan fingerprint density at radius 1 is 1.36 bits per heavy atom. The lowest BCUT2D eigenvalue weighted by Gasteiger charge is -2.16. The molecule has 2 heteroatoms. The number of hydrogen-bond donors (Lipinski definition) is 1. The van der Waals surface area contributed by atoms with Crippen molar-refractivity contribution >= 4 is 0 Å². The summed E-state index contributed by atoms with van der Waals surface area (Å²) in [5.41, 5.74) is 0. The third kappa shape index (κ3) is 2.96. The van der Waals surface area contributed by atoms with Crippen molar-refractivity contribution in [2.45, 2.75) is 58.7 Å². The summed E-state index contributed by atoms with van der Waals surface area (Å²) in [4.78, 5) is 0. The van der Waals surface area contributed by atoms with Gasteiger partial charge in [-0.1, -0.05) is 27.2 Å². The summed E-state index contributed by atoms with van der Waals surface area (Å²) in [7, 11) is 0. The molecule has 0 bridgehead atoms. The predicted molar refractivity (Wildman–Crippen MR) is 58.2 cm³/mol. The molecule has 1 N–H and O–H groups in total. The quantitative estimate of drug-likeness (QED) is 0.739. The van der Waals surface area contributed by atoms with Crippen LogP contribution in [0.5, 0.6) is 0 Å². The highest BCUT2D eigenvalue weighted by Gasteiger charge is 2.32. The zero-order valence-corrected chi connectivity index (χ0v) is 9.70. The van der Waals surface area contributed by atoms with Crippen LogP contribution >= 0.6 is 0 Å². The highest BCUT2D eigenvalue weighted by atomic mass is 16.5. The zero-order chi connectivity index (χ0) is 10.6. The van der Waals surface area contributed by atoms with Crippen molar-refractivity contribution < 1.29 is 9.84 Å². The van der Waals surface area contributed by atoms with Crippen molar-refractivity contribution in [2.75, 3.05) is 6.61 Å². The molecule has 2 nitrogen and oxygen atoms in total. The van der Waals surface area contributed by atoms with Crippen LogP contribution in [-0.2, 0) is 4.74 Å². The van der Waals surface area contributed by atoms with E-state index in [1.54, 1.807) is 0 Å². The van der Waals surface area contributed by atoms with Gasteiger partial charge in [-0.05, 0) is 31.1 Å². The summed E-state index contributed by atoms with van der Waals surface area (Å²) >= 11 is 0. The van der Waals surface area contributed by atoms with Crippen LogP contribution in [0.2, 0.25) is 0 Å². The van der Waals surface area contributed by atoms with Crippen LogP contribution in [0.1, 0.15) is 46.5 Å². The van der Waals surface area contributed by atoms with E-state index in [1.165, 1.54) is 12.8 Å². The Hall–Kier alpha value is -0.0800. The van der Waals surface area contributed by atoms with Crippen molar-refractivity contribution in [1.82, 2.24) is 0 Å². The molecule has 0 radical (unpaired) electrons. The molecule has 0 aromatic heterocycles. The van der Waals surface area contributed by atoms with E-state index in [2.05, 4.69) is 20.8 Å². The molecular formula is C12H24O2. The fourth-order valence-electron chi connectivity index (χ4n) is 2.44. The number of hydrogen-bond acceptors (Lipinski definition) is 2. The largest absolute Gasteiger partial charge is 0.396 e. The molecule has 1 fully saturated rings. The molecule has 4 atom stereocenters. The molecule has 1 aliphatic heterocycles. The molecule has 1 aliphatic rings. The lowest BCUT2D eigenvalue weighted by atomic mass is 9.92. The fourth-order valence-corrected chi connectivity index (χ4v) is 2.44. The van der Waals surface area contributed by atoms with Gasteiger partial charge in [-0.3, -0.25) is 0 Å². The lowest BCUT2D eigenvalue weighted by molar-refractivity contribution is 0.0169. The van der Waals surface area contributed by atoms with E-state index in [1.807, 2.05) is 0 Å². The van der Waals surface area contributed by atoms with Crippen LogP contribution < -0.4 is 0 Å². The maximum absolute atomic E-state index is 8.99. The summed E-state index contributed by atoms with van der Waals surface area (Å²) in [6.07, 6.45) is 5.43. The van der Waals surface area contributed by atoms with Gasteiger partial charge in [0, 0.05) is 6.61 Å². The Morgan fingerprint density at radius 2 is 2.07 bits per heavy atom. The summed E-state index contributed by atoms with van der Waals surface area (Å²) < 4.78 is 5.98. The van der Waals surface area contributed by atoms with Crippen molar-refractivity contribution in [3.05, 3.63) is 0 Å². The molecule has 1 heterocycles. The van der Waals surface area contributed by atoms with Gasteiger partial charge < -0.3 is 9.84 Å². The van der Waals surface area contributed by atoms with Gasteiger partial charge in [-0.15, -0.1) is 0 Å². The number of aliphatic hydroxyl groups is 1. The van der Waals surface area contributed by atoms with Crippen molar-refractivity contribution in [3.63, 3.8) is 0 Å². The molecule has 1 saturated heterocycles. The minimum Gasteiger partial charge on any atom is -0.396 e. The van der Waals surface area contributed by atoms with Crippen molar-refractivity contribution in [3.8, 4) is 0 Å². The maximum Gasteiger partial charge on any atom is 0.0605 e. The van der Waals surface area contributed by atoms with E-state index >= 15 is 0 Å². The highest BCUT2D eigenvalue weighted by Crippen LogP contribution is 2.33. The van der Waals surface area contributed by atoms with Crippen LogP contribution in [0.25, 0.3) is 0 Å². The SMILES string of the molecule is CCC1CC(CC(C)CO)OC1CC. The Morgan fingerprint density at radius 3 is 2.50 bits per heavy atom. The second-order valence-corrected chi connectivity index (χ2v) is 4.63. The Labute approximate surface area is 87.7 Å². The first-order chi connectivity index (χ1) is 6.71. The van der Waals surface area contributed by atoms with Crippen LogP contribution in [0, 0.1) is 11.8 Å². The first-order valence-electron chi connectivity index (χ1n) is 5.97. The molecule has 0 aromatic carbocycles. The second-order valence-electron chi connectivity index (χ2n) is 4.63. The molecule has 0 aromatic rings. The molecule has 84 valence electrons. The first-order valence-corrected chi connectivity index (χ1v) is 5.97. The zero-order valence-electron chi connectivity index (χ0n) is 9.70. The average Bonchev–Trinajstić information content (AvgIpc) is 2.59. The van der Waals surface area contributed by atoms with E-state index in [0.29, 0.717) is 18.1 Å². The normalized spacial score (nSPS) is 34.7. The molecule has 0 spiro atoms. The van der Waals surface area contributed by atoms with Gasteiger partial charge in [0.25, 0.3) is 0 Å².